The van der Waals surface area contributed by atoms with E-state index < -0.39 is 16.7 Å². The molecular formula is C22H12F3N5O2. The lowest BCUT2D eigenvalue weighted by molar-refractivity contribution is -0.384. The van der Waals surface area contributed by atoms with Crippen LogP contribution in [0, 0.1) is 10.1 Å². The van der Waals surface area contributed by atoms with Crippen LogP contribution in [0.1, 0.15) is 5.56 Å². The van der Waals surface area contributed by atoms with Gasteiger partial charge in [-0.15, -0.1) is 0 Å². The largest absolute Gasteiger partial charge is 0.416 e. The fourth-order valence-corrected chi connectivity index (χ4v) is 3.48. The van der Waals surface area contributed by atoms with Crippen LogP contribution in [0.2, 0.25) is 0 Å². The van der Waals surface area contributed by atoms with E-state index in [0.29, 0.717) is 16.6 Å². The number of hydrogen-bond donors (Lipinski definition) is 0. The van der Waals surface area contributed by atoms with E-state index >= 15 is 0 Å². The molecule has 5 aromatic rings. The van der Waals surface area contributed by atoms with Crippen LogP contribution < -0.4 is 0 Å². The number of nitrogens with zero attached hydrogens (tertiary/aromatic N) is 5. The number of hydrogen-bond acceptors (Lipinski definition) is 5. The number of imidazole rings is 1. The van der Waals surface area contributed by atoms with Gasteiger partial charge in [-0.05, 0) is 30.3 Å². The Morgan fingerprint density at radius 2 is 1.56 bits per heavy atom. The van der Waals surface area contributed by atoms with Crippen LogP contribution >= 0.6 is 0 Å². The van der Waals surface area contributed by atoms with Crippen molar-refractivity contribution in [3.05, 3.63) is 88.5 Å². The lowest BCUT2D eigenvalue weighted by Gasteiger charge is -2.12. The van der Waals surface area contributed by atoms with Crippen LogP contribution in [0.4, 0.5) is 18.9 Å². The predicted octanol–water partition coefficient (Wildman–Crippen LogP) is 5.56. The maximum Gasteiger partial charge on any atom is 0.416 e. The van der Waals surface area contributed by atoms with E-state index in [1.54, 1.807) is 30.3 Å². The molecule has 0 aliphatic rings. The molecule has 0 aliphatic heterocycles. The minimum Gasteiger partial charge on any atom is -0.275 e. The molecule has 0 unspecified atom stereocenters. The zero-order valence-corrected chi connectivity index (χ0v) is 16.1. The van der Waals surface area contributed by atoms with Crippen molar-refractivity contribution in [3.8, 4) is 17.1 Å². The molecule has 10 heteroatoms. The Bertz CT molecular complexity index is 1510. The summed E-state index contributed by atoms with van der Waals surface area (Å²) in [7, 11) is 0. The van der Waals surface area contributed by atoms with Gasteiger partial charge in [0.25, 0.3) is 5.69 Å². The highest BCUT2D eigenvalue weighted by Gasteiger charge is 2.31. The Morgan fingerprint density at radius 1 is 0.844 bits per heavy atom. The number of aromatic nitrogens is 4. The summed E-state index contributed by atoms with van der Waals surface area (Å²) in [6.07, 6.45) is -4.55. The first-order valence-electron chi connectivity index (χ1n) is 9.39. The minimum absolute atomic E-state index is 0.161. The lowest BCUT2D eigenvalue weighted by Crippen LogP contribution is -2.07. The summed E-state index contributed by atoms with van der Waals surface area (Å²) in [5.41, 5.74) is 1.06. The number of alkyl halides is 3. The topological polar surface area (TPSA) is 86.7 Å². The third kappa shape index (κ3) is 3.31. The first-order valence-corrected chi connectivity index (χ1v) is 9.39. The maximum absolute atomic E-state index is 13.4. The summed E-state index contributed by atoms with van der Waals surface area (Å²) >= 11 is 0. The molecule has 0 N–H and O–H groups in total. The van der Waals surface area contributed by atoms with Gasteiger partial charge in [-0.25, -0.2) is 15.0 Å². The molecule has 0 saturated heterocycles. The molecule has 0 saturated carbocycles. The molecule has 2 heterocycles. The number of fused-ring (bicyclic) bond motifs is 2. The van der Waals surface area contributed by atoms with Crippen LogP contribution in [-0.2, 0) is 6.18 Å². The monoisotopic (exact) mass is 435 g/mol. The van der Waals surface area contributed by atoms with Crippen molar-refractivity contribution < 1.29 is 18.1 Å². The average molecular weight is 435 g/mol. The molecule has 158 valence electrons. The molecule has 2 aromatic heterocycles. The van der Waals surface area contributed by atoms with Gasteiger partial charge in [-0.1, -0.05) is 30.3 Å². The Kier molecular flexibility index (Phi) is 4.36. The van der Waals surface area contributed by atoms with Gasteiger partial charge in [0.1, 0.15) is 5.82 Å². The molecule has 0 amide bonds. The molecule has 0 bridgehead atoms. The Morgan fingerprint density at radius 3 is 2.28 bits per heavy atom. The van der Waals surface area contributed by atoms with Gasteiger partial charge in [0, 0.05) is 23.4 Å². The molecule has 0 atom stereocenters. The van der Waals surface area contributed by atoms with Crippen molar-refractivity contribution >= 4 is 28.0 Å². The van der Waals surface area contributed by atoms with Gasteiger partial charge in [0.05, 0.1) is 21.5 Å². The highest BCUT2D eigenvalue weighted by Crippen LogP contribution is 2.34. The summed E-state index contributed by atoms with van der Waals surface area (Å²) in [6.45, 7) is 0. The van der Waals surface area contributed by atoms with Gasteiger partial charge < -0.3 is 0 Å². The third-order valence-electron chi connectivity index (χ3n) is 4.92. The first-order chi connectivity index (χ1) is 15.3. The standard InChI is InChI=1S/C22H12F3N5O2/c23-22(24,25)14-6-4-7-15(12-14)29-20(13-5-3-8-16(11-13)30(31)32)28-19-21(29)27-18-10-2-1-9-17(18)26-19/h1-12H. The summed E-state index contributed by atoms with van der Waals surface area (Å²) in [4.78, 5) is 24.3. The van der Waals surface area contributed by atoms with Crippen LogP contribution in [0.25, 0.3) is 39.4 Å². The number of rotatable bonds is 3. The van der Waals surface area contributed by atoms with Crippen molar-refractivity contribution in [3.63, 3.8) is 0 Å². The SMILES string of the molecule is O=[N+]([O-])c1cccc(-c2nc3nc4ccccc4nc3n2-c2cccc(C(F)(F)F)c2)c1. The molecular weight excluding hydrogens is 423 g/mol. The average Bonchev–Trinajstić information content (AvgIpc) is 3.15. The zero-order chi connectivity index (χ0) is 22.5. The van der Waals surface area contributed by atoms with Crippen molar-refractivity contribution in [1.82, 2.24) is 19.5 Å². The van der Waals surface area contributed by atoms with E-state index in [2.05, 4.69) is 15.0 Å². The van der Waals surface area contributed by atoms with Crippen LogP contribution in [-0.4, -0.2) is 24.4 Å². The second-order valence-electron chi connectivity index (χ2n) is 6.99. The molecule has 0 spiro atoms. The number of halogens is 3. The summed E-state index contributed by atoms with van der Waals surface area (Å²) in [5.74, 6) is 0.193. The van der Waals surface area contributed by atoms with Crippen molar-refractivity contribution in [2.75, 3.05) is 0 Å². The number of para-hydroxylation sites is 2. The van der Waals surface area contributed by atoms with Gasteiger partial charge in [0.15, 0.2) is 11.3 Å². The van der Waals surface area contributed by atoms with Crippen molar-refractivity contribution in [2.45, 2.75) is 6.18 Å². The molecule has 5 rings (SSSR count). The van der Waals surface area contributed by atoms with E-state index in [0.717, 1.165) is 12.1 Å². The van der Waals surface area contributed by atoms with Crippen LogP contribution in [0.3, 0.4) is 0 Å². The normalized spacial score (nSPS) is 11.8. The molecule has 32 heavy (non-hydrogen) atoms. The molecule has 0 aliphatic carbocycles. The molecule has 0 radical (unpaired) electrons. The first kappa shape index (κ1) is 19.6. The quantitative estimate of drug-likeness (QED) is 0.273. The molecule has 7 nitrogen and oxygen atoms in total. The van der Waals surface area contributed by atoms with E-state index in [9.17, 15) is 23.3 Å². The maximum atomic E-state index is 13.4. The van der Waals surface area contributed by atoms with E-state index in [4.69, 9.17) is 0 Å². The number of benzene rings is 3. The molecule has 3 aromatic carbocycles. The lowest BCUT2D eigenvalue weighted by atomic mass is 10.1. The Labute approximate surface area is 178 Å². The van der Waals surface area contributed by atoms with Crippen LogP contribution in [0.15, 0.2) is 72.8 Å². The Balaban J connectivity index is 1.85. The molecule has 0 fully saturated rings. The second kappa shape index (κ2) is 7.12. The third-order valence-corrected chi connectivity index (χ3v) is 4.92. The highest BCUT2D eigenvalue weighted by atomic mass is 19.4. The van der Waals surface area contributed by atoms with Gasteiger partial charge >= 0.3 is 6.18 Å². The van der Waals surface area contributed by atoms with E-state index in [1.165, 1.54) is 34.9 Å². The zero-order valence-electron chi connectivity index (χ0n) is 16.1. The van der Waals surface area contributed by atoms with Crippen molar-refractivity contribution in [2.24, 2.45) is 0 Å². The fraction of sp³-hybridized carbons (Fsp3) is 0.0455. The minimum atomic E-state index is -4.55. The van der Waals surface area contributed by atoms with Crippen LogP contribution in [0.5, 0.6) is 0 Å². The number of non-ortho nitro benzene ring substituents is 1. The summed E-state index contributed by atoms with van der Waals surface area (Å²) in [6, 6.07) is 17.5. The van der Waals surface area contributed by atoms with Gasteiger partial charge in [0.2, 0.25) is 0 Å². The van der Waals surface area contributed by atoms with Crippen molar-refractivity contribution in [1.29, 1.82) is 0 Å². The number of nitro groups is 1. The van der Waals surface area contributed by atoms with E-state index in [-0.39, 0.29) is 28.5 Å². The Hall–Kier alpha value is -4.34. The number of nitro benzene ring substituents is 1. The van der Waals surface area contributed by atoms with Gasteiger partial charge in [-0.3, -0.25) is 14.7 Å². The highest BCUT2D eigenvalue weighted by molar-refractivity contribution is 5.86. The van der Waals surface area contributed by atoms with E-state index in [1.807, 2.05) is 0 Å². The van der Waals surface area contributed by atoms with Gasteiger partial charge in [-0.2, -0.15) is 13.2 Å². The summed E-state index contributed by atoms with van der Waals surface area (Å²) < 4.78 is 41.5. The fourth-order valence-electron chi connectivity index (χ4n) is 3.48. The summed E-state index contributed by atoms with van der Waals surface area (Å²) in [5, 5.41) is 11.3. The smallest absolute Gasteiger partial charge is 0.275 e. The second-order valence-corrected chi connectivity index (χ2v) is 6.99. The predicted molar refractivity (Wildman–Crippen MR) is 111 cm³/mol.